The van der Waals surface area contributed by atoms with Crippen LogP contribution >= 0.6 is 12.4 Å². The zero-order valence-electron chi connectivity index (χ0n) is 12.9. The number of aromatic nitrogens is 1. The van der Waals surface area contributed by atoms with Gasteiger partial charge in [0.25, 0.3) is 5.91 Å². The lowest BCUT2D eigenvalue weighted by Gasteiger charge is -2.09. The van der Waals surface area contributed by atoms with E-state index in [9.17, 15) is 4.79 Å². The summed E-state index contributed by atoms with van der Waals surface area (Å²) in [5, 5.41) is 3.83. The topological polar surface area (TPSA) is 77.2 Å². The third-order valence-corrected chi connectivity index (χ3v) is 3.38. The first-order valence-electron chi connectivity index (χ1n) is 7.09. The van der Waals surface area contributed by atoms with Gasteiger partial charge in [-0.05, 0) is 44.5 Å². The summed E-state index contributed by atoms with van der Waals surface area (Å²) >= 11 is 0. The van der Waals surface area contributed by atoms with E-state index < -0.39 is 0 Å². The molecule has 0 aliphatic heterocycles. The third kappa shape index (κ3) is 4.32. The molecule has 1 aromatic carbocycles. The molecule has 1 amide bonds. The number of ether oxygens (including phenoxy) is 1. The summed E-state index contributed by atoms with van der Waals surface area (Å²) in [6, 6.07) is 7.51. The van der Waals surface area contributed by atoms with Crippen LogP contribution in [-0.2, 0) is 0 Å². The molecule has 120 valence electrons. The number of nitrogens with one attached hydrogen (secondary N) is 1. The fourth-order valence-electron chi connectivity index (χ4n) is 2.17. The zero-order valence-corrected chi connectivity index (χ0v) is 13.7. The van der Waals surface area contributed by atoms with Gasteiger partial charge in [0.15, 0.2) is 0 Å². The number of hydrogen-bond acceptors (Lipinski definition) is 4. The molecule has 1 aromatic heterocycles. The molecule has 0 saturated heterocycles. The summed E-state index contributed by atoms with van der Waals surface area (Å²) < 4.78 is 5.19. The van der Waals surface area contributed by atoms with Gasteiger partial charge >= 0.3 is 0 Å². The van der Waals surface area contributed by atoms with Crippen LogP contribution in [-0.4, -0.2) is 31.1 Å². The van der Waals surface area contributed by atoms with Crippen molar-refractivity contribution < 1.29 is 9.53 Å². The molecule has 0 radical (unpaired) electrons. The second kappa shape index (κ2) is 8.56. The summed E-state index contributed by atoms with van der Waals surface area (Å²) in [6.07, 6.45) is 1.80. The maximum absolute atomic E-state index is 12.2. The maximum Gasteiger partial charge on any atom is 0.253 e. The van der Waals surface area contributed by atoms with Crippen LogP contribution in [0.3, 0.4) is 0 Å². The molecule has 0 bridgehead atoms. The van der Waals surface area contributed by atoms with Crippen molar-refractivity contribution in [2.24, 2.45) is 5.73 Å². The fourth-order valence-corrected chi connectivity index (χ4v) is 2.17. The van der Waals surface area contributed by atoms with Gasteiger partial charge in [0, 0.05) is 18.0 Å². The Morgan fingerprint density at radius 1 is 1.32 bits per heavy atom. The highest BCUT2D eigenvalue weighted by molar-refractivity contribution is 5.98. The number of nitrogens with zero attached hydrogens (tertiary/aromatic N) is 1. The van der Waals surface area contributed by atoms with Crippen LogP contribution in [0.4, 0.5) is 0 Å². The third-order valence-electron chi connectivity index (χ3n) is 3.38. The Morgan fingerprint density at radius 2 is 2.09 bits per heavy atom. The van der Waals surface area contributed by atoms with Crippen molar-refractivity contribution in [3.63, 3.8) is 0 Å². The fraction of sp³-hybridized carbons (Fsp3) is 0.375. The van der Waals surface area contributed by atoms with Crippen LogP contribution in [0.1, 0.15) is 28.9 Å². The number of benzene rings is 1. The Bertz CT molecular complexity index is 647. The van der Waals surface area contributed by atoms with E-state index >= 15 is 0 Å². The van der Waals surface area contributed by atoms with Crippen LogP contribution in [0.25, 0.3) is 10.9 Å². The molecular weight excluding hydrogens is 302 g/mol. The molecule has 2 aromatic rings. The number of hydrogen-bond donors (Lipinski definition) is 2. The number of fused-ring (bicyclic) bond motifs is 1. The normalized spacial score (nSPS) is 10.1. The van der Waals surface area contributed by atoms with Crippen molar-refractivity contribution in [1.82, 2.24) is 10.3 Å². The van der Waals surface area contributed by atoms with Gasteiger partial charge in [0.2, 0.25) is 0 Å². The average Bonchev–Trinajstić information content (AvgIpc) is 2.50. The van der Waals surface area contributed by atoms with E-state index in [-0.39, 0.29) is 18.3 Å². The SMILES string of the molecule is COc1ccc2cc(C(=O)NCCCCN)c(C)nc2c1.Cl. The Morgan fingerprint density at radius 3 is 2.77 bits per heavy atom. The molecule has 22 heavy (non-hydrogen) atoms. The molecule has 6 heteroatoms. The van der Waals surface area contributed by atoms with Gasteiger partial charge in [-0.15, -0.1) is 12.4 Å². The first-order valence-corrected chi connectivity index (χ1v) is 7.09. The lowest BCUT2D eigenvalue weighted by Crippen LogP contribution is -2.25. The lowest BCUT2D eigenvalue weighted by molar-refractivity contribution is 0.0952. The smallest absolute Gasteiger partial charge is 0.253 e. The Balaban J connectivity index is 0.00000242. The first-order chi connectivity index (χ1) is 10.2. The molecule has 1 heterocycles. The van der Waals surface area contributed by atoms with Gasteiger partial charge in [-0.1, -0.05) is 0 Å². The standard InChI is InChI=1S/C16H21N3O2.ClH/c1-11-14(16(20)18-8-4-3-7-17)9-12-5-6-13(21-2)10-15(12)19-11;/h5-6,9-10H,3-4,7-8,17H2,1-2H3,(H,18,20);1H. The van der Waals surface area contributed by atoms with E-state index in [1.807, 2.05) is 31.2 Å². The second-order valence-corrected chi connectivity index (χ2v) is 4.93. The maximum atomic E-state index is 12.2. The van der Waals surface area contributed by atoms with E-state index in [0.717, 1.165) is 29.5 Å². The summed E-state index contributed by atoms with van der Waals surface area (Å²) in [7, 11) is 1.62. The predicted octanol–water partition coefficient (Wildman–Crippen LogP) is 2.44. The van der Waals surface area contributed by atoms with Crippen molar-refractivity contribution in [1.29, 1.82) is 0 Å². The number of halogens is 1. The quantitative estimate of drug-likeness (QED) is 0.800. The van der Waals surface area contributed by atoms with E-state index in [2.05, 4.69) is 10.3 Å². The van der Waals surface area contributed by atoms with Crippen LogP contribution in [0, 0.1) is 6.92 Å². The van der Waals surface area contributed by atoms with Crippen LogP contribution in [0.15, 0.2) is 24.3 Å². The molecule has 2 rings (SSSR count). The molecule has 0 aliphatic rings. The Hall–Kier alpha value is -1.85. The van der Waals surface area contributed by atoms with Crippen LogP contribution < -0.4 is 15.8 Å². The Kier molecular flexibility index (Phi) is 7.08. The highest BCUT2D eigenvalue weighted by Gasteiger charge is 2.11. The van der Waals surface area contributed by atoms with Crippen LogP contribution in [0.2, 0.25) is 0 Å². The van der Waals surface area contributed by atoms with Crippen molar-refractivity contribution in [3.8, 4) is 5.75 Å². The molecule has 0 atom stereocenters. The lowest BCUT2D eigenvalue weighted by atomic mass is 10.1. The van der Waals surface area contributed by atoms with E-state index in [1.54, 1.807) is 7.11 Å². The van der Waals surface area contributed by atoms with E-state index in [0.29, 0.717) is 24.3 Å². The Labute approximate surface area is 136 Å². The molecule has 0 aliphatic carbocycles. The molecule has 3 N–H and O–H groups in total. The van der Waals surface area contributed by atoms with Gasteiger partial charge in [-0.25, -0.2) is 0 Å². The van der Waals surface area contributed by atoms with Gasteiger partial charge in [0.1, 0.15) is 5.75 Å². The van der Waals surface area contributed by atoms with E-state index in [4.69, 9.17) is 10.5 Å². The molecule has 0 spiro atoms. The average molecular weight is 324 g/mol. The van der Waals surface area contributed by atoms with Crippen molar-refractivity contribution in [2.45, 2.75) is 19.8 Å². The zero-order chi connectivity index (χ0) is 15.2. The largest absolute Gasteiger partial charge is 0.497 e. The summed E-state index contributed by atoms with van der Waals surface area (Å²) in [4.78, 5) is 16.7. The van der Waals surface area contributed by atoms with Crippen molar-refractivity contribution in [3.05, 3.63) is 35.5 Å². The summed E-state index contributed by atoms with van der Waals surface area (Å²) in [5.41, 5.74) is 7.59. The number of unbranched alkanes of at least 4 members (excludes halogenated alkanes) is 1. The number of methoxy groups -OCH3 is 1. The molecular formula is C16H22ClN3O2. The summed E-state index contributed by atoms with van der Waals surface area (Å²) in [5.74, 6) is 0.670. The van der Waals surface area contributed by atoms with E-state index in [1.165, 1.54) is 0 Å². The number of rotatable bonds is 6. The number of nitrogens with two attached hydrogens (primary N) is 1. The predicted molar refractivity (Wildman–Crippen MR) is 90.9 cm³/mol. The first kappa shape index (κ1) is 18.2. The molecule has 0 fully saturated rings. The number of pyridine rings is 1. The minimum Gasteiger partial charge on any atom is -0.497 e. The minimum absolute atomic E-state index is 0. The number of carbonyl (C=O) groups is 1. The monoisotopic (exact) mass is 323 g/mol. The molecule has 5 nitrogen and oxygen atoms in total. The van der Waals surface area contributed by atoms with Crippen molar-refractivity contribution in [2.75, 3.05) is 20.2 Å². The highest BCUT2D eigenvalue weighted by atomic mass is 35.5. The van der Waals surface area contributed by atoms with Gasteiger partial charge < -0.3 is 15.8 Å². The number of carbonyl (C=O) groups excluding carboxylic acids is 1. The summed E-state index contributed by atoms with van der Waals surface area (Å²) in [6.45, 7) is 3.12. The van der Waals surface area contributed by atoms with Gasteiger partial charge in [-0.3, -0.25) is 9.78 Å². The molecule has 0 saturated carbocycles. The molecule has 0 unspecified atom stereocenters. The minimum atomic E-state index is -0.0882. The van der Waals surface area contributed by atoms with Crippen LogP contribution in [0.5, 0.6) is 5.75 Å². The number of aryl methyl sites for hydroxylation is 1. The second-order valence-electron chi connectivity index (χ2n) is 4.93. The van der Waals surface area contributed by atoms with Gasteiger partial charge in [0.05, 0.1) is 23.9 Å². The highest BCUT2D eigenvalue weighted by Crippen LogP contribution is 2.21. The van der Waals surface area contributed by atoms with Crippen molar-refractivity contribution >= 4 is 29.2 Å². The number of amides is 1. The van der Waals surface area contributed by atoms with Gasteiger partial charge in [-0.2, -0.15) is 0 Å².